The highest BCUT2D eigenvalue weighted by Crippen LogP contribution is 2.33. The Kier molecular flexibility index (Phi) is 4.34. The molecule has 2 saturated heterocycles. The number of carbonyl (C=O) groups excluding carboxylic acids is 1. The minimum atomic E-state index is -0.836. The number of carboxylic acids is 1. The Labute approximate surface area is 119 Å². The van der Waals surface area contributed by atoms with Crippen molar-refractivity contribution in [3.63, 3.8) is 0 Å². The normalized spacial score (nSPS) is 38.2. The lowest BCUT2D eigenvalue weighted by Crippen LogP contribution is -2.57. The summed E-state index contributed by atoms with van der Waals surface area (Å²) in [5, 5.41) is 9.37. The van der Waals surface area contributed by atoms with Crippen LogP contribution in [0.2, 0.25) is 0 Å². The largest absolute Gasteiger partial charge is 0.481 e. The lowest BCUT2D eigenvalue weighted by molar-refractivity contribution is -0.158. The predicted molar refractivity (Wildman–Crippen MR) is 71.3 cm³/mol. The number of piperidine rings is 1. The van der Waals surface area contributed by atoms with E-state index in [1.807, 2.05) is 13.8 Å². The maximum atomic E-state index is 12.3. The summed E-state index contributed by atoms with van der Waals surface area (Å²) in [5.74, 6) is -1.49. The van der Waals surface area contributed by atoms with Gasteiger partial charge in [0.1, 0.15) is 5.60 Å². The van der Waals surface area contributed by atoms with E-state index in [0.717, 1.165) is 6.42 Å². The van der Waals surface area contributed by atoms with Crippen molar-refractivity contribution in [3.05, 3.63) is 0 Å². The molecule has 0 aromatic heterocycles. The van der Waals surface area contributed by atoms with E-state index in [2.05, 4.69) is 0 Å². The number of ether oxygens (including phenoxy) is 2. The minimum absolute atomic E-state index is 0.00539. The third kappa shape index (κ3) is 2.67. The van der Waals surface area contributed by atoms with Gasteiger partial charge in [-0.05, 0) is 12.8 Å². The second-order valence-electron chi connectivity index (χ2n) is 6.00. The van der Waals surface area contributed by atoms with Crippen molar-refractivity contribution in [1.82, 2.24) is 4.90 Å². The SMILES string of the molecule is COC1(CN2C(=O)CC(C)C(C(=O)O)C2C)CCOC1. The fourth-order valence-electron chi connectivity index (χ4n) is 3.35. The van der Waals surface area contributed by atoms with Crippen LogP contribution in [0.1, 0.15) is 26.7 Å². The summed E-state index contributed by atoms with van der Waals surface area (Å²) in [6.45, 7) is 5.11. The van der Waals surface area contributed by atoms with Gasteiger partial charge in [0.05, 0.1) is 19.1 Å². The third-order valence-electron chi connectivity index (χ3n) is 4.69. The summed E-state index contributed by atoms with van der Waals surface area (Å²) < 4.78 is 10.9. The van der Waals surface area contributed by atoms with Crippen molar-refractivity contribution in [1.29, 1.82) is 0 Å². The average Bonchev–Trinajstić information content (AvgIpc) is 2.83. The van der Waals surface area contributed by atoms with E-state index in [9.17, 15) is 14.7 Å². The molecular formula is C14H23NO5. The van der Waals surface area contributed by atoms with Crippen LogP contribution < -0.4 is 0 Å². The number of likely N-dealkylation sites (tertiary alicyclic amines) is 1. The summed E-state index contributed by atoms with van der Waals surface area (Å²) in [7, 11) is 1.62. The van der Waals surface area contributed by atoms with Crippen molar-refractivity contribution < 1.29 is 24.2 Å². The number of rotatable bonds is 4. The van der Waals surface area contributed by atoms with E-state index < -0.39 is 17.5 Å². The molecule has 0 aromatic rings. The first-order valence-electron chi connectivity index (χ1n) is 7.05. The highest BCUT2D eigenvalue weighted by atomic mass is 16.5. The second kappa shape index (κ2) is 5.69. The van der Waals surface area contributed by atoms with Gasteiger partial charge in [0.15, 0.2) is 0 Å². The minimum Gasteiger partial charge on any atom is -0.481 e. The Morgan fingerprint density at radius 2 is 2.25 bits per heavy atom. The average molecular weight is 285 g/mol. The number of hydrogen-bond donors (Lipinski definition) is 1. The van der Waals surface area contributed by atoms with Gasteiger partial charge in [0, 0.05) is 32.6 Å². The van der Waals surface area contributed by atoms with Crippen molar-refractivity contribution in [2.45, 2.75) is 38.3 Å². The van der Waals surface area contributed by atoms with Crippen LogP contribution >= 0.6 is 0 Å². The molecule has 0 radical (unpaired) electrons. The van der Waals surface area contributed by atoms with Gasteiger partial charge in [0.2, 0.25) is 5.91 Å². The molecule has 0 aromatic carbocycles. The third-order valence-corrected chi connectivity index (χ3v) is 4.69. The van der Waals surface area contributed by atoms with Crippen molar-refractivity contribution in [2.75, 3.05) is 26.9 Å². The number of nitrogens with zero attached hydrogens (tertiary/aromatic N) is 1. The number of carbonyl (C=O) groups is 2. The topological polar surface area (TPSA) is 76.1 Å². The number of hydrogen-bond acceptors (Lipinski definition) is 4. The Morgan fingerprint density at radius 3 is 2.75 bits per heavy atom. The molecule has 2 fully saturated rings. The molecule has 0 bridgehead atoms. The maximum Gasteiger partial charge on any atom is 0.308 e. The van der Waals surface area contributed by atoms with Gasteiger partial charge >= 0.3 is 5.97 Å². The van der Waals surface area contributed by atoms with Crippen molar-refractivity contribution in [3.8, 4) is 0 Å². The zero-order valence-electron chi connectivity index (χ0n) is 12.3. The number of methoxy groups -OCH3 is 1. The highest BCUT2D eigenvalue weighted by molar-refractivity contribution is 5.82. The number of amides is 1. The van der Waals surface area contributed by atoms with Crippen molar-refractivity contribution in [2.24, 2.45) is 11.8 Å². The molecule has 0 aliphatic carbocycles. The van der Waals surface area contributed by atoms with E-state index in [1.54, 1.807) is 12.0 Å². The van der Waals surface area contributed by atoms with Crippen LogP contribution in [0.3, 0.4) is 0 Å². The summed E-state index contributed by atoms with van der Waals surface area (Å²) >= 11 is 0. The quantitative estimate of drug-likeness (QED) is 0.825. The van der Waals surface area contributed by atoms with Crippen LogP contribution in [0.15, 0.2) is 0 Å². The number of carboxylic acid groups (broad SMARTS) is 1. The van der Waals surface area contributed by atoms with Crippen LogP contribution in [-0.2, 0) is 19.1 Å². The molecule has 1 N–H and O–H groups in total. The van der Waals surface area contributed by atoms with Gasteiger partial charge in [-0.25, -0.2) is 0 Å². The standard InChI is InChI=1S/C14H23NO5/c1-9-6-11(16)15(10(2)12(9)13(17)18)7-14(19-3)4-5-20-8-14/h9-10,12H,4-8H2,1-3H3,(H,17,18). The molecule has 6 heteroatoms. The van der Waals surface area contributed by atoms with Crippen LogP contribution in [0.4, 0.5) is 0 Å². The summed E-state index contributed by atoms with van der Waals surface area (Å²) in [4.78, 5) is 25.3. The Hall–Kier alpha value is -1.14. The Balaban J connectivity index is 2.16. The van der Waals surface area contributed by atoms with E-state index in [0.29, 0.717) is 19.8 Å². The smallest absolute Gasteiger partial charge is 0.308 e. The lowest BCUT2D eigenvalue weighted by atomic mass is 9.80. The summed E-state index contributed by atoms with van der Waals surface area (Å²) in [6, 6.07) is -0.323. The molecule has 0 saturated carbocycles. The predicted octanol–water partition coefficient (Wildman–Crippen LogP) is 0.750. The maximum absolute atomic E-state index is 12.3. The van der Waals surface area contributed by atoms with E-state index in [-0.39, 0.29) is 24.3 Å². The zero-order chi connectivity index (χ0) is 14.9. The Bertz CT molecular complexity index is 391. The Morgan fingerprint density at radius 1 is 1.55 bits per heavy atom. The fraction of sp³-hybridized carbons (Fsp3) is 0.857. The second-order valence-corrected chi connectivity index (χ2v) is 6.00. The zero-order valence-corrected chi connectivity index (χ0v) is 12.3. The molecule has 2 aliphatic heterocycles. The molecule has 6 nitrogen and oxygen atoms in total. The van der Waals surface area contributed by atoms with Gasteiger partial charge in [-0.3, -0.25) is 9.59 Å². The first-order valence-corrected chi connectivity index (χ1v) is 7.05. The van der Waals surface area contributed by atoms with Crippen LogP contribution in [-0.4, -0.2) is 60.4 Å². The molecule has 2 aliphatic rings. The molecule has 2 heterocycles. The summed E-state index contributed by atoms with van der Waals surface area (Å²) in [6.07, 6.45) is 1.01. The van der Waals surface area contributed by atoms with Crippen LogP contribution in [0, 0.1) is 11.8 Å². The highest BCUT2D eigenvalue weighted by Gasteiger charge is 2.46. The van der Waals surface area contributed by atoms with Gasteiger partial charge in [0.25, 0.3) is 0 Å². The fourth-order valence-corrected chi connectivity index (χ4v) is 3.35. The molecule has 20 heavy (non-hydrogen) atoms. The van der Waals surface area contributed by atoms with Gasteiger partial charge in [-0.1, -0.05) is 6.92 Å². The molecule has 1 amide bonds. The van der Waals surface area contributed by atoms with Gasteiger partial charge in [-0.2, -0.15) is 0 Å². The van der Waals surface area contributed by atoms with Gasteiger partial charge in [-0.15, -0.1) is 0 Å². The molecule has 4 atom stereocenters. The molecular weight excluding hydrogens is 262 g/mol. The van der Waals surface area contributed by atoms with Crippen LogP contribution in [0.5, 0.6) is 0 Å². The van der Waals surface area contributed by atoms with E-state index in [4.69, 9.17) is 9.47 Å². The van der Waals surface area contributed by atoms with Crippen molar-refractivity contribution >= 4 is 11.9 Å². The monoisotopic (exact) mass is 285 g/mol. The molecule has 2 rings (SSSR count). The van der Waals surface area contributed by atoms with Gasteiger partial charge < -0.3 is 19.5 Å². The van der Waals surface area contributed by atoms with Crippen LogP contribution in [0.25, 0.3) is 0 Å². The first-order chi connectivity index (χ1) is 9.40. The first kappa shape index (κ1) is 15.3. The van der Waals surface area contributed by atoms with E-state index >= 15 is 0 Å². The summed E-state index contributed by atoms with van der Waals surface area (Å²) in [5.41, 5.74) is -0.493. The number of aliphatic carboxylic acids is 1. The molecule has 4 unspecified atom stereocenters. The lowest BCUT2D eigenvalue weighted by Gasteiger charge is -2.44. The molecule has 114 valence electrons. The molecule has 0 spiro atoms. The van der Waals surface area contributed by atoms with E-state index in [1.165, 1.54) is 0 Å².